The quantitative estimate of drug-likeness (QED) is 0.841. The van der Waals surface area contributed by atoms with E-state index >= 15 is 0 Å². The fraction of sp³-hybridized carbons (Fsp3) is 0.462. The zero-order chi connectivity index (χ0) is 17.7. The number of sulfone groups is 1. The second-order valence-corrected chi connectivity index (χ2v) is 6.28. The van der Waals surface area contributed by atoms with E-state index in [9.17, 15) is 21.6 Å². The van der Waals surface area contributed by atoms with Crippen LogP contribution in [0.3, 0.4) is 0 Å². The maximum atomic E-state index is 12.5. The van der Waals surface area contributed by atoms with E-state index in [-0.39, 0.29) is 22.0 Å². The van der Waals surface area contributed by atoms with Crippen LogP contribution >= 0.6 is 0 Å². The number of carbonyl (C=O) groups is 1. The number of carbonyl (C=O) groups excluding carboxylic acids is 1. The predicted octanol–water partition coefficient (Wildman–Crippen LogP) is 2.55. The summed E-state index contributed by atoms with van der Waals surface area (Å²) < 4.78 is 70.3. The van der Waals surface area contributed by atoms with Gasteiger partial charge in [0.2, 0.25) is 0 Å². The molecule has 0 radical (unpaired) electrons. The molecule has 1 unspecified atom stereocenters. The van der Waals surface area contributed by atoms with Gasteiger partial charge in [-0.2, -0.15) is 13.2 Å². The van der Waals surface area contributed by atoms with Crippen molar-refractivity contribution in [2.45, 2.75) is 31.0 Å². The minimum absolute atomic E-state index is 0.0145. The van der Waals surface area contributed by atoms with E-state index in [4.69, 9.17) is 14.3 Å². The van der Waals surface area contributed by atoms with E-state index in [0.717, 1.165) is 13.2 Å². The molecular formula is C13H17F3O5S. The maximum Gasteiger partial charge on any atom is 0.425 e. The highest BCUT2D eigenvalue weighted by molar-refractivity contribution is 7.90. The Labute approximate surface area is 127 Å². The van der Waals surface area contributed by atoms with Crippen molar-refractivity contribution in [1.29, 1.82) is 0 Å². The van der Waals surface area contributed by atoms with Gasteiger partial charge in [-0.3, -0.25) is 0 Å². The van der Waals surface area contributed by atoms with E-state index in [1.807, 2.05) is 6.79 Å². The molecule has 1 atom stereocenters. The zero-order valence-electron chi connectivity index (χ0n) is 12.5. The molecule has 126 valence electrons. The number of benzene rings is 1. The summed E-state index contributed by atoms with van der Waals surface area (Å²) in [5, 5.41) is 0. The first-order valence-electron chi connectivity index (χ1n) is 5.88. The summed E-state index contributed by atoms with van der Waals surface area (Å²) in [4.78, 5) is 7.91. The largest absolute Gasteiger partial charge is 0.495 e. The van der Waals surface area contributed by atoms with E-state index in [0.29, 0.717) is 0 Å². The molecule has 1 rings (SSSR count). The van der Waals surface area contributed by atoms with Gasteiger partial charge in [0.15, 0.2) is 15.9 Å². The Morgan fingerprint density at radius 3 is 2.09 bits per heavy atom. The third kappa shape index (κ3) is 4.90. The summed E-state index contributed by atoms with van der Waals surface area (Å²) in [7, 11) is -2.30. The minimum atomic E-state index is -4.50. The van der Waals surface area contributed by atoms with Crippen molar-refractivity contribution in [2.75, 3.05) is 13.4 Å². The molecule has 0 bridgehead atoms. The first kappa shape index (κ1) is 20.2. The van der Waals surface area contributed by atoms with Crippen LogP contribution in [0, 0.1) is 6.92 Å². The molecule has 9 heteroatoms. The Balaban J connectivity index is 0.00000211. The van der Waals surface area contributed by atoms with Crippen LogP contribution in [0.2, 0.25) is 0 Å². The number of halogens is 3. The number of hydrogen-bond donors (Lipinski definition) is 0. The SMILES string of the molecule is C=O.COc1c(S(C)(=O)=O)ccc(OC(C)C(F)(F)F)c1C. The van der Waals surface area contributed by atoms with Crippen molar-refractivity contribution in [3.8, 4) is 11.5 Å². The minimum Gasteiger partial charge on any atom is -0.495 e. The Morgan fingerprint density at radius 1 is 1.23 bits per heavy atom. The fourth-order valence-corrected chi connectivity index (χ4v) is 2.47. The lowest BCUT2D eigenvalue weighted by Gasteiger charge is -2.20. The molecule has 0 saturated heterocycles. The normalized spacial score (nSPS) is 12.9. The summed E-state index contributed by atoms with van der Waals surface area (Å²) in [5.41, 5.74) is 0.200. The van der Waals surface area contributed by atoms with Crippen molar-refractivity contribution in [1.82, 2.24) is 0 Å². The molecule has 0 aliphatic carbocycles. The zero-order valence-corrected chi connectivity index (χ0v) is 13.3. The van der Waals surface area contributed by atoms with Gasteiger partial charge >= 0.3 is 6.18 Å². The lowest BCUT2D eigenvalue weighted by molar-refractivity contribution is -0.189. The molecule has 0 N–H and O–H groups in total. The third-order valence-electron chi connectivity index (χ3n) is 2.69. The molecule has 0 fully saturated rings. The Hall–Kier alpha value is -1.77. The van der Waals surface area contributed by atoms with Crippen LogP contribution in [-0.2, 0) is 14.6 Å². The number of alkyl halides is 3. The van der Waals surface area contributed by atoms with Crippen LogP contribution < -0.4 is 9.47 Å². The fourth-order valence-electron chi connectivity index (χ4n) is 1.58. The molecule has 22 heavy (non-hydrogen) atoms. The average Bonchev–Trinajstić information content (AvgIpc) is 2.40. The van der Waals surface area contributed by atoms with Gasteiger partial charge in [0, 0.05) is 11.8 Å². The van der Waals surface area contributed by atoms with Gasteiger partial charge in [0.1, 0.15) is 23.2 Å². The third-order valence-corrected chi connectivity index (χ3v) is 3.81. The molecule has 0 aromatic heterocycles. The van der Waals surface area contributed by atoms with Crippen LogP contribution in [0.25, 0.3) is 0 Å². The first-order chi connectivity index (χ1) is 9.98. The lowest BCUT2D eigenvalue weighted by Crippen LogP contribution is -2.31. The van der Waals surface area contributed by atoms with Crippen molar-refractivity contribution in [3.05, 3.63) is 17.7 Å². The van der Waals surface area contributed by atoms with E-state index in [2.05, 4.69) is 0 Å². The second-order valence-electron chi connectivity index (χ2n) is 4.29. The molecule has 0 aliphatic rings. The number of methoxy groups -OCH3 is 1. The Morgan fingerprint density at radius 2 is 1.73 bits per heavy atom. The lowest BCUT2D eigenvalue weighted by atomic mass is 10.2. The smallest absolute Gasteiger partial charge is 0.425 e. The molecule has 0 spiro atoms. The summed E-state index contributed by atoms with van der Waals surface area (Å²) >= 11 is 0. The van der Waals surface area contributed by atoms with E-state index in [1.54, 1.807) is 0 Å². The van der Waals surface area contributed by atoms with E-state index in [1.165, 1.54) is 26.2 Å². The molecular weight excluding hydrogens is 325 g/mol. The molecule has 5 nitrogen and oxygen atoms in total. The Kier molecular flexibility index (Phi) is 6.88. The van der Waals surface area contributed by atoms with Gasteiger partial charge in [-0.1, -0.05) is 0 Å². The average molecular weight is 342 g/mol. The Bertz CT molecular complexity index is 611. The molecule has 1 aromatic carbocycles. The number of rotatable bonds is 4. The molecule has 1 aromatic rings. The van der Waals surface area contributed by atoms with Crippen molar-refractivity contribution in [3.63, 3.8) is 0 Å². The maximum absolute atomic E-state index is 12.5. The van der Waals surface area contributed by atoms with Gasteiger partial charge in [0.25, 0.3) is 0 Å². The molecule has 0 heterocycles. The first-order valence-corrected chi connectivity index (χ1v) is 7.77. The molecule has 0 aliphatic heterocycles. The van der Waals surface area contributed by atoms with Gasteiger partial charge in [-0.25, -0.2) is 8.42 Å². The molecule has 0 amide bonds. The van der Waals surface area contributed by atoms with Gasteiger partial charge in [0.05, 0.1) is 7.11 Å². The van der Waals surface area contributed by atoms with Crippen LogP contribution in [0.5, 0.6) is 11.5 Å². The van der Waals surface area contributed by atoms with E-state index < -0.39 is 22.1 Å². The highest BCUT2D eigenvalue weighted by Crippen LogP contribution is 2.36. The van der Waals surface area contributed by atoms with Crippen LogP contribution in [-0.4, -0.2) is 40.9 Å². The summed E-state index contributed by atoms with van der Waals surface area (Å²) in [6, 6.07) is 2.36. The van der Waals surface area contributed by atoms with Crippen LogP contribution in [0.4, 0.5) is 13.2 Å². The van der Waals surface area contributed by atoms with Crippen molar-refractivity contribution < 1.29 is 35.9 Å². The molecule has 0 saturated carbocycles. The van der Waals surface area contributed by atoms with Gasteiger partial charge < -0.3 is 14.3 Å². The number of hydrogen-bond acceptors (Lipinski definition) is 5. The standard InChI is InChI=1S/C12H15F3O4S.CH2O/c1-7-9(19-8(2)12(13,14)15)5-6-10(11(7)18-3)20(4,16)17;1-2/h5-6,8H,1-4H3;1H2. The topological polar surface area (TPSA) is 69.7 Å². The van der Waals surface area contributed by atoms with Crippen molar-refractivity contribution >= 4 is 16.6 Å². The summed E-state index contributed by atoms with van der Waals surface area (Å²) in [5.74, 6) is -0.0848. The van der Waals surface area contributed by atoms with Gasteiger partial charge in [-0.05, 0) is 26.0 Å². The highest BCUT2D eigenvalue weighted by atomic mass is 32.2. The van der Waals surface area contributed by atoms with Crippen LogP contribution in [0.15, 0.2) is 17.0 Å². The van der Waals surface area contributed by atoms with Crippen molar-refractivity contribution in [2.24, 2.45) is 0 Å². The predicted molar refractivity (Wildman–Crippen MR) is 74.1 cm³/mol. The van der Waals surface area contributed by atoms with Gasteiger partial charge in [-0.15, -0.1) is 0 Å². The highest BCUT2D eigenvalue weighted by Gasteiger charge is 2.38. The number of ether oxygens (including phenoxy) is 2. The summed E-state index contributed by atoms with van der Waals surface area (Å²) in [6.45, 7) is 4.31. The van der Waals surface area contributed by atoms with Crippen LogP contribution in [0.1, 0.15) is 12.5 Å². The summed E-state index contributed by atoms with van der Waals surface area (Å²) in [6.07, 6.45) is -5.52. The monoisotopic (exact) mass is 342 g/mol. The second kappa shape index (κ2) is 7.48.